The van der Waals surface area contributed by atoms with Crippen molar-refractivity contribution in [3.63, 3.8) is 0 Å². The summed E-state index contributed by atoms with van der Waals surface area (Å²) in [6, 6.07) is 6.48. The molecule has 0 aliphatic rings. The normalized spacial score (nSPS) is 15.3. The molecule has 0 spiro atoms. The highest BCUT2D eigenvalue weighted by atomic mass is 32.2. The molecular formula is C17H27NO2S. The van der Waals surface area contributed by atoms with Crippen LogP contribution >= 0.6 is 11.8 Å². The maximum atomic E-state index is 12.1. The van der Waals surface area contributed by atoms with Crippen LogP contribution in [0.25, 0.3) is 0 Å². The quantitative estimate of drug-likeness (QED) is 0.615. The molecule has 0 radical (unpaired) electrons. The number of benzene rings is 1. The van der Waals surface area contributed by atoms with E-state index in [2.05, 4.69) is 44.3 Å². The smallest absolute Gasteiger partial charge is 0.326 e. The Morgan fingerprint density at radius 2 is 2.10 bits per heavy atom. The van der Waals surface area contributed by atoms with Crippen LogP contribution in [0.4, 0.5) is 0 Å². The molecule has 1 aromatic carbocycles. The van der Waals surface area contributed by atoms with Gasteiger partial charge in [0.2, 0.25) is 0 Å². The zero-order valence-corrected chi connectivity index (χ0v) is 14.8. The van der Waals surface area contributed by atoms with Crippen LogP contribution in [0.2, 0.25) is 0 Å². The van der Waals surface area contributed by atoms with Gasteiger partial charge < -0.3 is 10.1 Å². The van der Waals surface area contributed by atoms with E-state index in [0.29, 0.717) is 11.9 Å². The van der Waals surface area contributed by atoms with Crippen LogP contribution in [0.15, 0.2) is 23.1 Å². The molecule has 2 unspecified atom stereocenters. The molecule has 1 N–H and O–H groups in total. The van der Waals surface area contributed by atoms with E-state index in [1.54, 1.807) is 0 Å². The Hall–Kier alpha value is -1.00. The van der Waals surface area contributed by atoms with E-state index in [9.17, 15) is 4.79 Å². The van der Waals surface area contributed by atoms with E-state index in [4.69, 9.17) is 4.74 Å². The highest BCUT2D eigenvalue weighted by molar-refractivity contribution is 8.00. The molecule has 0 amide bonds. The predicted molar refractivity (Wildman–Crippen MR) is 89.9 cm³/mol. The maximum Gasteiger partial charge on any atom is 0.326 e. The third-order valence-corrected chi connectivity index (χ3v) is 4.91. The second-order valence-corrected chi connectivity index (χ2v) is 7.18. The summed E-state index contributed by atoms with van der Waals surface area (Å²) in [4.78, 5) is 13.4. The fourth-order valence-corrected chi connectivity index (χ4v) is 3.58. The molecule has 0 saturated heterocycles. The van der Waals surface area contributed by atoms with Gasteiger partial charge in [0, 0.05) is 10.1 Å². The lowest BCUT2D eigenvalue weighted by Gasteiger charge is -2.29. The Morgan fingerprint density at radius 1 is 1.43 bits per heavy atom. The number of carbonyl (C=O) groups is 1. The summed E-state index contributed by atoms with van der Waals surface area (Å²) in [7, 11) is 1.81. The van der Waals surface area contributed by atoms with E-state index in [0.717, 1.165) is 6.42 Å². The van der Waals surface area contributed by atoms with Gasteiger partial charge in [-0.2, -0.15) is 0 Å². The van der Waals surface area contributed by atoms with E-state index in [1.807, 2.05) is 32.7 Å². The van der Waals surface area contributed by atoms with Crippen LogP contribution in [0.1, 0.15) is 38.3 Å². The van der Waals surface area contributed by atoms with Gasteiger partial charge in [-0.3, -0.25) is 4.79 Å². The average Bonchev–Trinajstić information content (AvgIpc) is 2.42. The van der Waals surface area contributed by atoms with Crippen LogP contribution < -0.4 is 5.32 Å². The predicted octanol–water partition coefficient (Wildman–Crippen LogP) is 3.72. The Bertz CT molecular complexity index is 490. The number of nitrogens with one attached hydrogen (secondary N) is 1. The number of thioether (sulfide) groups is 1. The van der Waals surface area contributed by atoms with Gasteiger partial charge in [-0.1, -0.05) is 24.6 Å². The Kier molecular flexibility index (Phi) is 6.75. The highest BCUT2D eigenvalue weighted by Crippen LogP contribution is 2.31. The molecule has 0 fully saturated rings. The third-order valence-electron chi connectivity index (χ3n) is 3.63. The molecule has 2 atom stereocenters. The standard InChI is InChI=1S/C17H27NO2S/c1-7-20-16(19)17(5,18-6)11-14(4)21-15-9-8-12(2)10-13(15)3/h8-10,14,18H,7,11H2,1-6H3. The molecule has 0 aliphatic carbocycles. The summed E-state index contributed by atoms with van der Waals surface area (Å²) in [5.41, 5.74) is 1.92. The molecule has 21 heavy (non-hydrogen) atoms. The van der Waals surface area contributed by atoms with Crippen molar-refractivity contribution in [2.75, 3.05) is 13.7 Å². The van der Waals surface area contributed by atoms with Crippen molar-refractivity contribution in [2.45, 2.75) is 56.7 Å². The van der Waals surface area contributed by atoms with E-state index < -0.39 is 5.54 Å². The van der Waals surface area contributed by atoms with Crippen molar-refractivity contribution >= 4 is 17.7 Å². The topological polar surface area (TPSA) is 38.3 Å². The first-order valence-electron chi connectivity index (χ1n) is 7.42. The number of likely N-dealkylation sites (N-methyl/N-ethyl adjacent to an activating group) is 1. The summed E-state index contributed by atoms with van der Waals surface area (Å²) >= 11 is 1.81. The number of hydrogen-bond acceptors (Lipinski definition) is 4. The van der Waals surface area contributed by atoms with Gasteiger partial charge in [0.1, 0.15) is 5.54 Å². The molecule has 118 valence electrons. The zero-order chi connectivity index (χ0) is 16.0. The molecule has 0 saturated carbocycles. The zero-order valence-electron chi connectivity index (χ0n) is 13.9. The Morgan fingerprint density at radius 3 is 2.62 bits per heavy atom. The van der Waals surface area contributed by atoms with E-state index in [-0.39, 0.29) is 5.97 Å². The van der Waals surface area contributed by atoms with Gasteiger partial charge in [-0.15, -0.1) is 11.8 Å². The van der Waals surface area contributed by atoms with Gasteiger partial charge >= 0.3 is 5.97 Å². The summed E-state index contributed by atoms with van der Waals surface area (Å²) < 4.78 is 5.18. The van der Waals surface area contributed by atoms with E-state index >= 15 is 0 Å². The fraction of sp³-hybridized carbons (Fsp3) is 0.588. The Labute approximate surface area is 132 Å². The summed E-state index contributed by atoms with van der Waals surface area (Å²) in [6.45, 7) is 10.5. The molecule has 3 nitrogen and oxygen atoms in total. The number of rotatable bonds is 7. The SMILES string of the molecule is CCOC(=O)C(C)(CC(C)Sc1ccc(C)cc1C)NC. The first-order valence-corrected chi connectivity index (χ1v) is 8.30. The lowest BCUT2D eigenvalue weighted by molar-refractivity contribution is -0.150. The molecular weight excluding hydrogens is 282 g/mol. The van der Waals surface area contributed by atoms with Crippen LogP contribution in [-0.4, -0.2) is 30.4 Å². The lowest BCUT2D eigenvalue weighted by Crippen LogP contribution is -2.50. The van der Waals surface area contributed by atoms with Crippen molar-refractivity contribution in [1.82, 2.24) is 5.32 Å². The number of esters is 1. The summed E-state index contributed by atoms with van der Waals surface area (Å²) in [5.74, 6) is -0.180. The van der Waals surface area contributed by atoms with Gasteiger partial charge in [0.15, 0.2) is 0 Å². The van der Waals surface area contributed by atoms with Crippen molar-refractivity contribution in [3.05, 3.63) is 29.3 Å². The fourth-order valence-electron chi connectivity index (χ4n) is 2.34. The molecule has 0 aliphatic heterocycles. The summed E-state index contributed by atoms with van der Waals surface area (Å²) in [5, 5.41) is 3.43. The minimum absolute atomic E-state index is 0.180. The largest absolute Gasteiger partial charge is 0.465 e. The molecule has 0 aromatic heterocycles. The van der Waals surface area contributed by atoms with Crippen LogP contribution in [0.3, 0.4) is 0 Å². The van der Waals surface area contributed by atoms with Crippen molar-refractivity contribution in [2.24, 2.45) is 0 Å². The number of carbonyl (C=O) groups excluding carboxylic acids is 1. The van der Waals surface area contributed by atoms with Crippen LogP contribution in [0.5, 0.6) is 0 Å². The number of ether oxygens (including phenoxy) is 1. The second-order valence-electron chi connectivity index (χ2n) is 5.70. The summed E-state index contributed by atoms with van der Waals surface area (Å²) in [6.07, 6.45) is 0.723. The molecule has 1 rings (SSSR count). The van der Waals surface area contributed by atoms with Gasteiger partial charge in [0.05, 0.1) is 6.61 Å². The number of hydrogen-bond donors (Lipinski definition) is 1. The maximum absolute atomic E-state index is 12.1. The second kappa shape index (κ2) is 7.85. The monoisotopic (exact) mass is 309 g/mol. The third kappa shape index (κ3) is 5.04. The van der Waals surface area contributed by atoms with Crippen molar-refractivity contribution < 1.29 is 9.53 Å². The molecule has 4 heteroatoms. The highest BCUT2D eigenvalue weighted by Gasteiger charge is 2.34. The molecule has 0 bridgehead atoms. The molecule has 1 aromatic rings. The number of aryl methyl sites for hydroxylation is 2. The minimum Gasteiger partial charge on any atom is -0.465 e. The molecule has 0 heterocycles. The van der Waals surface area contributed by atoms with Crippen LogP contribution in [0, 0.1) is 13.8 Å². The lowest BCUT2D eigenvalue weighted by atomic mass is 9.96. The van der Waals surface area contributed by atoms with E-state index in [1.165, 1.54) is 16.0 Å². The van der Waals surface area contributed by atoms with Gasteiger partial charge in [0.25, 0.3) is 0 Å². The first-order chi connectivity index (χ1) is 9.82. The van der Waals surface area contributed by atoms with Gasteiger partial charge in [-0.05, 0) is 52.8 Å². The van der Waals surface area contributed by atoms with Crippen molar-refractivity contribution in [1.29, 1.82) is 0 Å². The average molecular weight is 309 g/mol. The first kappa shape index (κ1) is 18.1. The minimum atomic E-state index is -0.638. The van der Waals surface area contributed by atoms with Crippen LogP contribution in [-0.2, 0) is 9.53 Å². The van der Waals surface area contributed by atoms with Gasteiger partial charge in [-0.25, -0.2) is 0 Å². The van der Waals surface area contributed by atoms with Crippen molar-refractivity contribution in [3.8, 4) is 0 Å². The Balaban J connectivity index is 2.74.